The van der Waals surface area contributed by atoms with Crippen LogP contribution in [0.2, 0.25) is 0 Å². The summed E-state index contributed by atoms with van der Waals surface area (Å²) in [4.78, 5) is 0. The Labute approximate surface area is 99.5 Å². The minimum Gasteiger partial charge on any atom is -0.508 e. The van der Waals surface area contributed by atoms with E-state index >= 15 is 0 Å². The SMILES string of the molecule is CCCC(O[SiH2]OCC)c1ccccc1O. The number of rotatable bonds is 7. The summed E-state index contributed by atoms with van der Waals surface area (Å²) in [7, 11) is -0.927. The molecule has 1 aromatic rings. The Balaban J connectivity index is 2.65. The maximum absolute atomic E-state index is 9.76. The maximum Gasteiger partial charge on any atom is 0.304 e. The van der Waals surface area contributed by atoms with Gasteiger partial charge in [-0.05, 0) is 19.4 Å². The standard InChI is InChI=1S/C12H20O3Si/c1-3-7-12(15-16-14-4-2)10-8-5-6-9-11(10)13/h5-6,8-9,12-13H,3-4,7,16H2,1-2H3. The molecule has 0 saturated heterocycles. The van der Waals surface area contributed by atoms with Crippen molar-refractivity contribution >= 4 is 10.0 Å². The van der Waals surface area contributed by atoms with Crippen LogP contribution in [0.5, 0.6) is 5.75 Å². The van der Waals surface area contributed by atoms with Crippen molar-refractivity contribution in [3.05, 3.63) is 29.8 Å². The molecular weight excluding hydrogens is 220 g/mol. The van der Waals surface area contributed by atoms with Gasteiger partial charge in [0, 0.05) is 12.2 Å². The Kier molecular flexibility index (Phi) is 6.14. The van der Waals surface area contributed by atoms with Crippen LogP contribution in [0.15, 0.2) is 24.3 Å². The van der Waals surface area contributed by atoms with Gasteiger partial charge in [0.05, 0.1) is 6.10 Å². The first-order chi connectivity index (χ1) is 7.79. The third-order valence-electron chi connectivity index (χ3n) is 2.39. The van der Waals surface area contributed by atoms with E-state index in [4.69, 9.17) is 8.85 Å². The van der Waals surface area contributed by atoms with E-state index < -0.39 is 10.0 Å². The number of aromatic hydroxyl groups is 1. The van der Waals surface area contributed by atoms with Gasteiger partial charge in [-0.2, -0.15) is 0 Å². The van der Waals surface area contributed by atoms with Crippen molar-refractivity contribution in [1.82, 2.24) is 0 Å². The van der Waals surface area contributed by atoms with Gasteiger partial charge in [0.25, 0.3) is 0 Å². The highest BCUT2D eigenvalue weighted by Gasteiger charge is 2.14. The molecule has 1 unspecified atom stereocenters. The molecule has 0 fully saturated rings. The van der Waals surface area contributed by atoms with E-state index in [1.54, 1.807) is 6.07 Å². The van der Waals surface area contributed by atoms with Crippen LogP contribution in [0.3, 0.4) is 0 Å². The lowest BCUT2D eigenvalue weighted by molar-refractivity contribution is 0.149. The summed E-state index contributed by atoms with van der Waals surface area (Å²) in [5.41, 5.74) is 0.872. The van der Waals surface area contributed by atoms with E-state index in [1.807, 2.05) is 25.1 Å². The predicted molar refractivity (Wildman–Crippen MR) is 67.0 cm³/mol. The van der Waals surface area contributed by atoms with E-state index in [-0.39, 0.29) is 6.10 Å². The van der Waals surface area contributed by atoms with Crippen LogP contribution in [0.4, 0.5) is 0 Å². The Morgan fingerprint density at radius 1 is 1.31 bits per heavy atom. The molecule has 0 heterocycles. The zero-order valence-electron chi connectivity index (χ0n) is 9.98. The summed E-state index contributed by atoms with van der Waals surface area (Å²) in [6.07, 6.45) is 1.92. The van der Waals surface area contributed by atoms with Gasteiger partial charge in [-0.25, -0.2) is 0 Å². The van der Waals surface area contributed by atoms with E-state index in [0.717, 1.165) is 18.4 Å². The molecule has 3 nitrogen and oxygen atoms in total. The van der Waals surface area contributed by atoms with Crippen LogP contribution in [-0.2, 0) is 8.85 Å². The monoisotopic (exact) mass is 240 g/mol. The minimum atomic E-state index is -0.927. The Bertz CT molecular complexity index is 304. The fraction of sp³-hybridized carbons (Fsp3) is 0.500. The van der Waals surface area contributed by atoms with Gasteiger partial charge in [-0.15, -0.1) is 0 Å². The summed E-state index contributed by atoms with van der Waals surface area (Å²) in [5.74, 6) is 0.312. The van der Waals surface area contributed by atoms with Crippen molar-refractivity contribution in [2.45, 2.75) is 32.8 Å². The highest BCUT2D eigenvalue weighted by atomic mass is 28.3. The van der Waals surface area contributed by atoms with Crippen LogP contribution in [0.25, 0.3) is 0 Å². The lowest BCUT2D eigenvalue weighted by Gasteiger charge is -2.18. The molecule has 0 saturated carbocycles. The smallest absolute Gasteiger partial charge is 0.304 e. The van der Waals surface area contributed by atoms with Crippen LogP contribution in [0.1, 0.15) is 38.4 Å². The fourth-order valence-electron chi connectivity index (χ4n) is 1.56. The fourth-order valence-corrected chi connectivity index (χ4v) is 2.34. The van der Waals surface area contributed by atoms with Crippen LogP contribution >= 0.6 is 0 Å². The van der Waals surface area contributed by atoms with E-state index in [9.17, 15) is 5.11 Å². The van der Waals surface area contributed by atoms with E-state index in [1.165, 1.54) is 0 Å². The predicted octanol–water partition coefficient (Wildman–Crippen LogP) is 2.29. The number of phenolic OH excluding ortho intramolecular Hbond substituents is 1. The Hall–Kier alpha value is -0.843. The number of hydrogen-bond acceptors (Lipinski definition) is 3. The Morgan fingerprint density at radius 3 is 2.69 bits per heavy atom. The Morgan fingerprint density at radius 2 is 2.06 bits per heavy atom. The molecular formula is C12H20O3Si. The van der Waals surface area contributed by atoms with Gasteiger partial charge < -0.3 is 14.0 Å². The quantitative estimate of drug-likeness (QED) is 0.587. The molecule has 0 aliphatic heterocycles. The highest BCUT2D eigenvalue weighted by Crippen LogP contribution is 2.29. The van der Waals surface area contributed by atoms with Crippen molar-refractivity contribution in [2.24, 2.45) is 0 Å². The largest absolute Gasteiger partial charge is 0.508 e. The van der Waals surface area contributed by atoms with Gasteiger partial charge in [0.2, 0.25) is 0 Å². The first-order valence-electron chi connectivity index (χ1n) is 5.76. The van der Waals surface area contributed by atoms with Gasteiger partial charge in [0.15, 0.2) is 0 Å². The average molecular weight is 240 g/mol. The summed E-state index contributed by atoms with van der Waals surface area (Å²) in [5, 5.41) is 9.76. The molecule has 1 rings (SSSR count). The minimum absolute atomic E-state index is 0.0237. The van der Waals surface area contributed by atoms with Gasteiger partial charge >= 0.3 is 10.0 Å². The van der Waals surface area contributed by atoms with Crippen molar-refractivity contribution < 1.29 is 14.0 Å². The van der Waals surface area contributed by atoms with Gasteiger partial charge in [-0.1, -0.05) is 31.5 Å². The maximum atomic E-state index is 9.76. The summed E-state index contributed by atoms with van der Waals surface area (Å²) in [6, 6.07) is 7.35. The lowest BCUT2D eigenvalue weighted by atomic mass is 10.0. The van der Waals surface area contributed by atoms with Crippen LogP contribution in [-0.4, -0.2) is 21.7 Å². The molecule has 0 aliphatic rings. The third kappa shape index (κ3) is 3.96. The summed E-state index contributed by atoms with van der Waals surface area (Å²) in [6.45, 7) is 4.77. The zero-order valence-corrected chi connectivity index (χ0v) is 11.4. The number of benzene rings is 1. The van der Waals surface area contributed by atoms with Crippen molar-refractivity contribution in [2.75, 3.05) is 6.61 Å². The molecule has 1 atom stereocenters. The number of hydrogen-bond donors (Lipinski definition) is 1. The molecule has 0 aliphatic carbocycles. The zero-order chi connectivity index (χ0) is 11.8. The normalized spacial score (nSPS) is 13.4. The molecule has 1 aromatic carbocycles. The summed E-state index contributed by atoms with van der Waals surface area (Å²) >= 11 is 0. The highest BCUT2D eigenvalue weighted by molar-refractivity contribution is 6.18. The third-order valence-corrected chi connectivity index (χ3v) is 3.50. The second kappa shape index (κ2) is 7.43. The number of phenols is 1. The molecule has 16 heavy (non-hydrogen) atoms. The van der Waals surface area contributed by atoms with Gasteiger partial charge in [0.1, 0.15) is 5.75 Å². The van der Waals surface area contributed by atoms with Crippen molar-refractivity contribution in [1.29, 1.82) is 0 Å². The number of para-hydroxylation sites is 1. The van der Waals surface area contributed by atoms with Crippen molar-refractivity contribution in [3.63, 3.8) is 0 Å². The first kappa shape index (κ1) is 13.2. The molecule has 0 aromatic heterocycles. The second-order valence-corrected chi connectivity index (χ2v) is 4.59. The molecule has 0 spiro atoms. The first-order valence-corrected chi connectivity index (χ1v) is 6.92. The van der Waals surface area contributed by atoms with Crippen LogP contribution < -0.4 is 0 Å². The van der Waals surface area contributed by atoms with Crippen molar-refractivity contribution in [3.8, 4) is 5.75 Å². The molecule has 4 heteroatoms. The van der Waals surface area contributed by atoms with Crippen LogP contribution in [0, 0.1) is 0 Å². The molecule has 0 amide bonds. The van der Waals surface area contributed by atoms with E-state index in [0.29, 0.717) is 12.4 Å². The second-order valence-electron chi connectivity index (χ2n) is 3.61. The lowest BCUT2D eigenvalue weighted by Crippen LogP contribution is -2.11. The average Bonchev–Trinajstić information content (AvgIpc) is 2.29. The molecule has 0 radical (unpaired) electrons. The molecule has 1 N–H and O–H groups in total. The molecule has 90 valence electrons. The van der Waals surface area contributed by atoms with E-state index in [2.05, 4.69) is 6.92 Å². The molecule has 0 bridgehead atoms. The topological polar surface area (TPSA) is 38.7 Å². The summed E-state index contributed by atoms with van der Waals surface area (Å²) < 4.78 is 11.1. The van der Waals surface area contributed by atoms with Gasteiger partial charge in [-0.3, -0.25) is 0 Å².